The number of allylic oxidation sites excluding steroid dienone is 2. The number of nitrogens with one attached hydrogen (secondary N) is 1. The first-order valence-corrected chi connectivity index (χ1v) is 15.4. The summed E-state index contributed by atoms with van der Waals surface area (Å²) in [5, 5.41) is 48.8. The van der Waals surface area contributed by atoms with Crippen molar-refractivity contribution in [2.24, 2.45) is 33.7 Å². The molecule has 0 unspecified atom stereocenters. The second-order valence-corrected chi connectivity index (χ2v) is 13.5. The van der Waals surface area contributed by atoms with Crippen molar-refractivity contribution in [3.63, 3.8) is 0 Å². The van der Waals surface area contributed by atoms with Gasteiger partial charge in [0.15, 0.2) is 12.4 Å². The van der Waals surface area contributed by atoms with Gasteiger partial charge >= 0.3 is 5.97 Å². The minimum absolute atomic E-state index is 0.00578. The molecule has 0 radical (unpaired) electrons. The molecular weight excluding hydrogens is 552 g/mol. The van der Waals surface area contributed by atoms with Gasteiger partial charge in [0.1, 0.15) is 12.2 Å². The number of aliphatic hydroxyl groups is 3. The third-order valence-corrected chi connectivity index (χ3v) is 11.3. The SMILES string of the molecule is C[C@]12CC/C(=N\OCC(=O)NC[C@H](CC(=O)O)c3ccccc3)C=C1CC[C@@H]1[C@@H]2[C@@H](O)C[C@@]2(C)[C@H]1CC[C@]2(O)C(=O)CO. The Morgan fingerprint density at radius 3 is 2.56 bits per heavy atom. The maximum Gasteiger partial charge on any atom is 0.304 e. The second kappa shape index (κ2) is 12.1. The lowest BCUT2D eigenvalue weighted by Gasteiger charge is -2.60. The molecule has 5 rings (SSSR count). The van der Waals surface area contributed by atoms with Crippen LogP contribution in [0.15, 0.2) is 47.1 Å². The Labute approximate surface area is 252 Å². The van der Waals surface area contributed by atoms with Gasteiger partial charge in [0.2, 0.25) is 0 Å². The number of ketones is 1. The molecular formula is C33H44N2O8. The first kappa shape index (κ1) is 31.3. The number of oxime groups is 1. The number of carbonyl (C=O) groups excluding carboxylic acids is 2. The highest BCUT2D eigenvalue weighted by Crippen LogP contribution is 2.67. The molecule has 0 aromatic heterocycles. The number of nitrogens with zero attached hydrogens (tertiary/aromatic N) is 1. The van der Waals surface area contributed by atoms with Gasteiger partial charge in [-0.3, -0.25) is 14.4 Å². The van der Waals surface area contributed by atoms with Crippen LogP contribution in [-0.2, 0) is 19.2 Å². The van der Waals surface area contributed by atoms with Crippen LogP contribution in [0.5, 0.6) is 0 Å². The van der Waals surface area contributed by atoms with Gasteiger partial charge in [0.05, 0.1) is 18.2 Å². The summed E-state index contributed by atoms with van der Waals surface area (Å²) < 4.78 is 0. The second-order valence-electron chi connectivity index (χ2n) is 13.5. The van der Waals surface area contributed by atoms with Crippen LogP contribution < -0.4 is 5.32 Å². The summed E-state index contributed by atoms with van der Waals surface area (Å²) >= 11 is 0. The van der Waals surface area contributed by atoms with E-state index < -0.39 is 35.5 Å². The molecule has 10 nitrogen and oxygen atoms in total. The monoisotopic (exact) mass is 596 g/mol. The predicted molar refractivity (Wildman–Crippen MR) is 158 cm³/mol. The number of aliphatic carboxylic acids is 1. The summed E-state index contributed by atoms with van der Waals surface area (Å²) in [4.78, 5) is 41.8. The number of rotatable bonds is 10. The van der Waals surface area contributed by atoms with E-state index in [1.165, 1.54) is 5.57 Å². The average Bonchev–Trinajstić information content (AvgIpc) is 3.25. The highest BCUT2D eigenvalue weighted by molar-refractivity contribution is 5.96. The Morgan fingerprint density at radius 2 is 1.86 bits per heavy atom. The summed E-state index contributed by atoms with van der Waals surface area (Å²) in [6.07, 6.45) is 5.63. The number of carboxylic acid groups (broad SMARTS) is 1. The Hall–Kier alpha value is -3.08. The van der Waals surface area contributed by atoms with Crippen molar-refractivity contribution >= 4 is 23.4 Å². The molecule has 0 spiro atoms. The van der Waals surface area contributed by atoms with Crippen LogP contribution in [0, 0.1) is 28.6 Å². The molecule has 5 N–H and O–H groups in total. The van der Waals surface area contributed by atoms with Crippen molar-refractivity contribution in [3.05, 3.63) is 47.5 Å². The van der Waals surface area contributed by atoms with Gasteiger partial charge in [-0.1, -0.05) is 54.9 Å². The molecule has 0 aliphatic heterocycles. The highest BCUT2D eigenvalue weighted by Gasteiger charge is 2.68. The smallest absolute Gasteiger partial charge is 0.304 e. The van der Waals surface area contributed by atoms with E-state index in [2.05, 4.69) is 17.4 Å². The zero-order valence-electron chi connectivity index (χ0n) is 25.0. The highest BCUT2D eigenvalue weighted by atomic mass is 16.6. The molecule has 1 aromatic rings. The maximum absolute atomic E-state index is 12.6. The predicted octanol–water partition coefficient (Wildman–Crippen LogP) is 2.96. The topological polar surface area (TPSA) is 166 Å². The molecule has 10 heteroatoms. The average molecular weight is 597 g/mol. The quantitative estimate of drug-likeness (QED) is 0.257. The van der Waals surface area contributed by atoms with E-state index in [-0.39, 0.29) is 54.6 Å². The molecule has 43 heavy (non-hydrogen) atoms. The first-order valence-electron chi connectivity index (χ1n) is 15.4. The number of hydrogen-bond acceptors (Lipinski definition) is 8. The number of benzene rings is 1. The minimum Gasteiger partial charge on any atom is -0.481 e. The molecule has 1 aromatic carbocycles. The summed E-state index contributed by atoms with van der Waals surface area (Å²) in [5.41, 5.74) is 0.157. The fourth-order valence-electron chi connectivity index (χ4n) is 9.07. The van der Waals surface area contributed by atoms with E-state index in [9.17, 15) is 34.8 Å². The molecule has 4 aliphatic rings. The van der Waals surface area contributed by atoms with E-state index in [0.29, 0.717) is 25.7 Å². The zero-order chi connectivity index (χ0) is 31.0. The fraction of sp³-hybridized carbons (Fsp3) is 0.636. The van der Waals surface area contributed by atoms with Crippen LogP contribution in [0.2, 0.25) is 0 Å². The van der Waals surface area contributed by atoms with Crippen molar-refractivity contribution in [3.8, 4) is 0 Å². The number of fused-ring (bicyclic) bond motifs is 5. The zero-order valence-corrected chi connectivity index (χ0v) is 25.0. The number of amides is 1. The molecule has 3 saturated carbocycles. The lowest BCUT2D eigenvalue weighted by atomic mass is 9.45. The van der Waals surface area contributed by atoms with Gasteiger partial charge in [-0.05, 0) is 79.8 Å². The first-order chi connectivity index (χ1) is 20.4. The minimum atomic E-state index is -1.61. The van der Waals surface area contributed by atoms with Crippen molar-refractivity contribution in [2.45, 2.75) is 82.8 Å². The van der Waals surface area contributed by atoms with Gasteiger partial charge in [-0.15, -0.1) is 0 Å². The molecule has 0 saturated heterocycles. The molecule has 0 heterocycles. The maximum atomic E-state index is 12.6. The van der Waals surface area contributed by atoms with Crippen LogP contribution in [0.3, 0.4) is 0 Å². The largest absolute Gasteiger partial charge is 0.481 e. The van der Waals surface area contributed by atoms with E-state index in [1.54, 1.807) is 0 Å². The van der Waals surface area contributed by atoms with Crippen LogP contribution in [-0.4, -0.2) is 75.3 Å². The summed E-state index contributed by atoms with van der Waals surface area (Å²) in [6.45, 7) is 3.31. The Kier molecular flexibility index (Phi) is 8.84. The fourth-order valence-corrected chi connectivity index (χ4v) is 9.07. The van der Waals surface area contributed by atoms with E-state index in [1.807, 2.05) is 43.3 Å². The molecule has 3 fully saturated rings. The van der Waals surface area contributed by atoms with Gasteiger partial charge in [0, 0.05) is 17.9 Å². The van der Waals surface area contributed by atoms with Crippen molar-refractivity contribution in [1.82, 2.24) is 5.32 Å². The lowest BCUT2D eigenvalue weighted by molar-refractivity contribution is -0.181. The number of carbonyl (C=O) groups is 3. The summed E-state index contributed by atoms with van der Waals surface area (Å²) in [7, 11) is 0. The standard InChI is InChI=1S/C33H44N2O8/c1-31-12-10-23(35-43-19-28(39)34-17-21(14-29(40)41)20-6-4-3-5-7-20)15-22(31)8-9-24-25-11-13-33(42,27(38)18-36)32(25,2)16-26(37)30(24)31/h3-7,15,21,24-26,30,36-37,42H,8-14,16-19H2,1-2H3,(H,34,39)(H,40,41)/b35-23+/t21-,24-,25-,26-,30+,31-,32-,33-/m0/s1. The summed E-state index contributed by atoms with van der Waals surface area (Å²) in [6, 6.07) is 9.22. The van der Waals surface area contributed by atoms with E-state index in [0.717, 1.165) is 30.5 Å². The Morgan fingerprint density at radius 1 is 1.12 bits per heavy atom. The Bertz CT molecular complexity index is 1300. The third-order valence-electron chi connectivity index (χ3n) is 11.3. The van der Waals surface area contributed by atoms with Crippen LogP contribution in [0.4, 0.5) is 0 Å². The van der Waals surface area contributed by atoms with Gasteiger partial charge in [-0.2, -0.15) is 0 Å². The molecule has 1 amide bonds. The number of hydrogen-bond donors (Lipinski definition) is 5. The number of Topliss-reactive ketones (excluding diaryl/α,β-unsaturated/α-hetero) is 1. The van der Waals surface area contributed by atoms with Crippen LogP contribution in [0.1, 0.15) is 76.7 Å². The molecule has 234 valence electrons. The Balaban J connectivity index is 1.21. The van der Waals surface area contributed by atoms with Gasteiger partial charge < -0.3 is 30.6 Å². The third kappa shape index (κ3) is 5.65. The van der Waals surface area contributed by atoms with Crippen molar-refractivity contribution in [1.29, 1.82) is 0 Å². The van der Waals surface area contributed by atoms with Gasteiger partial charge in [-0.25, -0.2) is 0 Å². The molecule has 8 atom stereocenters. The van der Waals surface area contributed by atoms with Gasteiger partial charge in [0.25, 0.3) is 5.91 Å². The van der Waals surface area contributed by atoms with E-state index in [4.69, 9.17) is 4.84 Å². The van der Waals surface area contributed by atoms with Crippen molar-refractivity contribution in [2.75, 3.05) is 19.8 Å². The van der Waals surface area contributed by atoms with Crippen LogP contribution >= 0.6 is 0 Å². The lowest BCUT2D eigenvalue weighted by Crippen LogP contribution is -2.62. The molecule has 4 aliphatic carbocycles. The molecule has 0 bridgehead atoms. The number of carboxylic acids is 1. The number of aliphatic hydroxyl groups excluding tert-OH is 2. The van der Waals surface area contributed by atoms with E-state index >= 15 is 0 Å². The summed E-state index contributed by atoms with van der Waals surface area (Å²) in [5.74, 6) is -1.97. The van der Waals surface area contributed by atoms with Crippen LogP contribution in [0.25, 0.3) is 0 Å². The van der Waals surface area contributed by atoms with Crippen molar-refractivity contribution < 1.29 is 39.6 Å². The normalized spacial score (nSPS) is 36.5.